The van der Waals surface area contributed by atoms with Gasteiger partial charge in [0.05, 0.1) is 26.4 Å². The van der Waals surface area contributed by atoms with Crippen molar-refractivity contribution in [3.05, 3.63) is 75.7 Å². The van der Waals surface area contributed by atoms with Crippen LogP contribution in [0, 0.1) is 20.8 Å². The molecule has 11 heteroatoms. The smallest absolute Gasteiger partial charge is 0.344 e. The fraction of sp³-hybridized carbons (Fsp3) is 0.364. The molecule has 0 unspecified atom stereocenters. The van der Waals surface area contributed by atoms with Crippen LogP contribution in [0.3, 0.4) is 0 Å². The molecule has 0 fully saturated rings. The summed E-state index contributed by atoms with van der Waals surface area (Å²) in [4.78, 5) is 30.8. The lowest BCUT2D eigenvalue weighted by molar-refractivity contribution is -0.157. The monoisotopic (exact) mass is 616 g/mol. The Balaban J connectivity index is 1.48. The number of methoxy groups -OCH3 is 2. The maximum atomic E-state index is 12.4. The van der Waals surface area contributed by atoms with Gasteiger partial charge < -0.3 is 18.9 Å². The maximum Gasteiger partial charge on any atom is 0.344 e. The Morgan fingerprint density at radius 2 is 1.59 bits per heavy atom. The summed E-state index contributed by atoms with van der Waals surface area (Å²) in [7, 11) is 2.93. The molecule has 1 aliphatic heterocycles. The van der Waals surface area contributed by atoms with Crippen LogP contribution in [0.2, 0.25) is 0 Å². The summed E-state index contributed by atoms with van der Waals surface area (Å²) in [5.41, 5.74) is 5.10. The average molecular weight is 617 g/mol. The van der Waals surface area contributed by atoms with Gasteiger partial charge in [0, 0.05) is 16.0 Å². The zero-order chi connectivity index (χ0) is 31.8. The molecule has 2 aromatic carbocycles. The molecule has 0 radical (unpaired) electrons. The molecular formula is C33H36N4O6S. The lowest BCUT2D eigenvalue weighted by Gasteiger charge is -2.20. The Kier molecular flexibility index (Phi) is 8.60. The van der Waals surface area contributed by atoms with E-state index < -0.39 is 17.6 Å². The van der Waals surface area contributed by atoms with Crippen molar-refractivity contribution in [3.8, 4) is 27.6 Å². The number of aromatic nitrogens is 3. The van der Waals surface area contributed by atoms with E-state index in [0.29, 0.717) is 17.3 Å². The molecule has 3 heterocycles. The van der Waals surface area contributed by atoms with Crippen molar-refractivity contribution in [2.75, 3.05) is 20.8 Å². The number of thiophene rings is 1. The van der Waals surface area contributed by atoms with Gasteiger partial charge in [0.1, 0.15) is 22.5 Å². The van der Waals surface area contributed by atoms with Gasteiger partial charge in [-0.1, -0.05) is 30.3 Å². The molecule has 1 aliphatic rings. The first-order valence-corrected chi connectivity index (χ1v) is 15.0. The third kappa shape index (κ3) is 6.23. The number of aliphatic imine (C=N–C) groups is 1. The molecule has 2 aromatic heterocycles. The van der Waals surface area contributed by atoms with Gasteiger partial charge in [0.25, 0.3) is 0 Å². The number of aryl methyl sites for hydroxylation is 2. The summed E-state index contributed by atoms with van der Waals surface area (Å²) in [6, 6.07) is 13.1. The van der Waals surface area contributed by atoms with Crippen molar-refractivity contribution >= 4 is 29.0 Å². The zero-order valence-corrected chi connectivity index (χ0v) is 27.0. The average Bonchev–Trinajstić information content (AvgIpc) is 3.46. The lowest BCUT2D eigenvalue weighted by Crippen LogP contribution is -2.27. The Morgan fingerprint density at radius 3 is 2.25 bits per heavy atom. The second kappa shape index (κ2) is 12.2. The molecule has 0 saturated carbocycles. The molecule has 1 atom stereocenters. The van der Waals surface area contributed by atoms with E-state index in [9.17, 15) is 9.59 Å². The van der Waals surface area contributed by atoms with Gasteiger partial charge in [-0.15, -0.1) is 21.5 Å². The number of hydrogen-bond acceptors (Lipinski definition) is 10. The van der Waals surface area contributed by atoms with Crippen LogP contribution in [-0.4, -0.2) is 58.8 Å². The summed E-state index contributed by atoms with van der Waals surface area (Å²) in [5, 5.41) is 9.72. The fourth-order valence-electron chi connectivity index (χ4n) is 5.06. The van der Waals surface area contributed by atoms with Gasteiger partial charge in [-0.25, -0.2) is 4.79 Å². The van der Waals surface area contributed by atoms with E-state index in [1.54, 1.807) is 24.5 Å². The number of nitrogens with zero attached hydrogens (tertiary/aromatic N) is 4. The van der Waals surface area contributed by atoms with Crippen LogP contribution < -0.4 is 9.47 Å². The number of hydrogen-bond donors (Lipinski definition) is 0. The molecule has 0 bridgehead atoms. The number of carbonyl (C=O) groups is 2. The van der Waals surface area contributed by atoms with Crippen LogP contribution in [0.25, 0.3) is 16.1 Å². The molecule has 4 aromatic rings. The highest BCUT2D eigenvalue weighted by atomic mass is 32.1. The zero-order valence-electron chi connectivity index (χ0n) is 26.2. The van der Waals surface area contributed by atoms with E-state index in [1.807, 2.05) is 68.7 Å². The topological polar surface area (TPSA) is 114 Å². The molecule has 5 rings (SSSR count). The summed E-state index contributed by atoms with van der Waals surface area (Å²) in [5.74, 6) is 1.47. The molecule has 0 spiro atoms. The van der Waals surface area contributed by atoms with Crippen LogP contribution in [0.1, 0.15) is 66.5 Å². The number of esters is 2. The molecule has 0 N–H and O–H groups in total. The minimum Gasteiger partial charge on any atom is -0.493 e. The van der Waals surface area contributed by atoms with Gasteiger partial charge in [-0.3, -0.25) is 14.4 Å². The maximum absolute atomic E-state index is 12.4. The van der Waals surface area contributed by atoms with E-state index in [-0.39, 0.29) is 19.0 Å². The van der Waals surface area contributed by atoms with E-state index in [0.717, 1.165) is 44.4 Å². The summed E-state index contributed by atoms with van der Waals surface area (Å²) in [6.07, 6.45) is 0.0470. The molecule has 230 valence electrons. The first-order chi connectivity index (χ1) is 20.9. The first kappa shape index (κ1) is 30.9. The molecule has 10 nitrogen and oxygen atoms in total. The largest absolute Gasteiger partial charge is 0.493 e. The van der Waals surface area contributed by atoms with Crippen LogP contribution in [0.5, 0.6) is 11.5 Å². The van der Waals surface area contributed by atoms with Crippen molar-refractivity contribution in [3.63, 3.8) is 0 Å². The van der Waals surface area contributed by atoms with Gasteiger partial charge in [0.15, 0.2) is 23.9 Å². The minimum atomic E-state index is -0.592. The Labute approximate surface area is 260 Å². The van der Waals surface area contributed by atoms with Gasteiger partial charge >= 0.3 is 11.9 Å². The second-order valence-corrected chi connectivity index (χ2v) is 12.7. The summed E-state index contributed by atoms with van der Waals surface area (Å²) >= 11 is 1.66. The first-order valence-electron chi connectivity index (χ1n) is 14.2. The predicted octanol–water partition coefficient (Wildman–Crippen LogP) is 6.11. The fourth-order valence-corrected chi connectivity index (χ4v) is 6.27. The minimum absolute atomic E-state index is 0.0470. The highest BCUT2D eigenvalue weighted by molar-refractivity contribution is 7.15. The highest BCUT2D eigenvalue weighted by Gasteiger charge is 2.32. The van der Waals surface area contributed by atoms with Crippen LogP contribution in [-0.2, 0) is 19.1 Å². The van der Waals surface area contributed by atoms with E-state index in [2.05, 4.69) is 24.0 Å². The molecular weight excluding hydrogens is 580 g/mol. The molecule has 44 heavy (non-hydrogen) atoms. The van der Waals surface area contributed by atoms with Crippen LogP contribution >= 0.6 is 11.3 Å². The number of rotatable bonds is 8. The van der Waals surface area contributed by atoms with E-state index in [4.69, 9.17) is 23.9 Å². The van der Waals surface area contributed by atoms with E-state index in [1.165, 1.54) is 12.0 Å². The lowest BCUT2D eigenvalue weighted by atomic mass is 9.97. The van der Waals surface area contributed by atoms with Crippen molar-refractivity contribution < 1.29 is 28.5 Å². The SMILES string of the molecule is COC(=O)C[C@@H]1N=C(c2ccc(-c3ccc(OCC(=O)OC(C)(C)C)c(OC)c3)cc2)c2c(sc(C)c2C)-n2c(C)nnc21. The second-order valence-electron chi connectivity index (χ2n) is 11.5. The number of carbonyl (C=O) groups excluding carboxylic acids is 2. The standard InChI is InChI=1S/C33H36N4O6S/c1-18-19(2)44-32-29(18)30(34-24(16-27(38)41-8)31-36-35-20(3)37(31)32)22-11-9-21(10-12-22)23-13-14-25(26(15-23)40-7)42-17-28(39)43-33(4,5)6/h9-15,24H,16-17H2,1-8H3/t24-/m0/s1. The van der Waals surface area contributed by atoms with Gasteiger partial charge in [-0.05, 0) is 70.4 Å². The molecule has 0 amide bonds. The Hall–Kier alpha value is -4.51. The van der Waals surface area contributed by atoms with Crippen molar-refractivity contribution in [1.82, 2.24) is 14.8 Å². The third-order valence-electron chi connectivity index (χ3n) is 7.25. The quantitative estimate of drug-likeness (QED) is 0.218. The van der Waals surface area contributed by atoms with Gasteiger partial charge in [-0.2, -0.15) is 0 Å². The number of ether oxygens (including phenoxy) is 4. The van der Waals surface area contributed by atoms with Gasteiger partial charge in [0.2, 0.25) is 0 Å². The van der Waals surface area contributed by atoms with Crippen molar-refractivity contribution in [1.29, 1.82) is 0 Å². The summed E-state index contributed by atoms with van der Waals surface area (Å²) in [6.45, 7) is 11.3. The van der Waals surface area contributed by atoms with Crippen molar-refractivity contribution in [2.24, 2.45) is 4.99 Å². The third-order valence-corrected chi connectivity index (χ3v) is 8.44. The van der Waals surface area contributed by atoms with Crippen LogP contribution in [0.15, 0.2) is 47.5 Å². The van der Waals surface area contributed by atoms with Crippen molar-refractivity contribution in [2.45, 2.75) is 59.6 Å². The highest BCUT2D eigenvalue weighted by Crippen LogP contribution is 2.40. The molecule has 0 saturated heterocycles. The normalized spacial score (nSPS) is 14.2. The van der Waals surface area contributed by atoms with E-state index >= 15 is 0 Å². The van der Waals surface area contributed by atoms with Crippen LogP contribution in [0.4, 0.5) is 0 Å². The Bertz CT molecular complexity index is 1750. The molecule has 0 aliphatic carbocycles. The number of benzene rings is 2. The summed E-state index contributed by atoms with van der Waals surface area (Å²) < 4.78 is 23.6. The Morgan fingerprint density at radius 1 is 0.909 bits per heavy atom. The number of fused-ring (bicyclic) bond motifs is 3. The predicted molar refractivity (Wildman–Crippen MR) is 168 cm³/mol.